The van der Waals surface area contributed by atoms with Crippen LogP contribution in [0.3, 0.4) is 0 Å². The van der Waals surface area contributed by atoms with Crippen molar-refractivity contribution < 1.29 is 0 Å². The van der Waals surface area contributed by atoms with Gasteiger partial charge in [-0.05, 0) is 6.07 Å². The summed E-state index contributed by atoms with van der Waals surface area (Å²) < 4.78 is 0. The van der Waals surface area contributed by atoms with Gasteiger partial charge < -0.3 is 5.32 Å². The number of thioether (sulfide) groups is 2. The molecule has 0 spiro atoms. The van der Waals surface area contributed by atoms with E-state index in [1.165, 1.54) is 11.5 Å². The van der Waals surface area contributed by atoms with Crippen LogP contribution in [0.25, 0.3) is 0 Å². The second-order valence-electron chi connectivity index (χ2n) is 2.98. The molecule has 5 heteroatoms. The zero-order chi connectivity index (χ0) is 9.80. The van der Waals surface area contributed by atoms with E-state index in [0.717, 1.165) is 17.4 Å². The standard InChI is InChI=1S/C9H13N3S2/c1-10-8-2-3-11-9(12-8)7-6-13-4-5-14-7/h2-3,7H,4-6H2,1H3,(H,10,11,12). The van der Waals surface area contributed by atoms with Crippen LogP contribution in [-0.4, -0.2) is 34.3 Å². The van der Waals surface area contributed by atoms with Crippen LogP contribution in [0.2, 0.25) is 0 Å². The number of aromatic nitrogens is 2. The molecule has 0 saturated carbocycles. The van der Waals surface area contributed by atoms with Crippen molar-refractivity contribution in [2.75, 3.05) is 29.6 Å². The molecule has 1 aliphatic heterocycles. The predicted molar refractivity (Wildman–Crippen MR) is 64.1 cm³/mol. The average Bonchev–Trinajstić information content (AvgIpc) is 2.30. The molecule has 2 heterocycles. The summed E-state index contributed by atoms with van der Waals surface area (Å²) >= 11 is 3.95. The van der Waals surface area contributed by atoms with Crippen LogP contribution >= 0.6 is 23.5 Å². The monoisotopic (exact) mass is 227 g/mol. The van der Waals surface area contributed by atoms with E-state index < -0.39 is 0 Å². The first-order chi connectivity index (χ1) is 6.90. The summed E-state index contributed by atoms with van der Waals surface area (Å²) in [4.78, 5) is 8.78. The lowest BCUT2D eigenvalue weighted by molar-refractivity contribution is 0.925. The molecule has 1 fully saturated rings. The number of hydrogen-bond donors (Lipinski definition) is 1. The number of anilines is 1. The Kier molecular flexibility index (Phi) is 3.53. The Morgan fingerprint density at radius 3 is 3.14 bits per heavy atom. The third-order valence-electron chi connectivity index (χ3n) is 2.03. The highest BCUT2D eigenvalue weighted by atomic mass is 32.2. The van der Waals surface area contributed by atoms with Crippen LogP contribution in [-0.2, 0) is 0 Å². The van der Waals surface area contributed by atoms with Crippen LogP contribution in [0.4, 0.5) is 5.82 Å². The number of nitrogens with one attached hydrogen (secondary N) is 1. The Balaban J connectivity index is 2.13. The van der Waals surface area contributed by atoms with Crippen LogP contribution < -0.4 is 5.32 Å². The maximum absolute atomic E-state index is 4.46. The minimum atomic E-state index is 0.474. The van der Waals surface area contributed by atoms with E-state index >= 15 is 0 Å². The largest absolute Gasteiger partial charge is 0.373 e. The Morgan fingerprint density at radius 2 is 2.43 bits per heavy atom. The van der Waals surface area contributed by atoms with Crippen molar-refractivity contribution >= 4 is 29.3 Å². The van der Waals surface area contributed by atoms with Crippen molar-refractivity contribution in [2.24, 2.45) is 0 Å². The first kappa shape index (κ1) is 10.1. The zero-order valence-electron chi connectivity index (χ0n) is 8.06. The van der Waals surface area contributed by atoms with Gasteiger partial charge in [-0.15, -0.1) is 11.8 Å². The summed E-state index contributed by atoms with van der Waals surface area (Å²) in [5.74, 6) is 5.48. The SMILES string of the molecule is CNc1ccnc(C2CSCCS2)n1. The van der Waals surface area contributed by atoms with Crippen LogP contribution in [0.1, 0.15) is 11.1 Å². The molecule has 1 aliphatic rings. The Labute approximate surface area is 92.5 Å². The fraction of sp³-hybridized carbons (Fsp3) is 0.556. The van der Waals surface area contributed by atoms with Gasteiger partial charge in [-0.2, -0.15) is 11.8 Å². The average molecular weight is 227 g/mol. The molecule has 1 N–H and O–H groups in total. The molecule has 0 amide bonds. The molecule has 14 heavy (non-hydrogen) atoms. The summed E-state index contributed by atoms with van der Waals surface area (Å²) in [6.07, 6.45) is 1.83. The maximum atomic E-state index is 4.46. The molecular weight excluding hydrogens is 214 g/mol. The highest BCUT2D eigenvalue weighted by Crippen LogP contribution is 2.34. The van der Waals surface area contributed by atoms with Gasteiger partial charge in [0.1, 0.15) is 11.6 Å². The third-order valence-corrected chi connectivity index (χ3v) is 4.79. The molecule has 0 aromatic carbocycles. The zero-order valence-corrected chi connectivity index (χ0v) is 9.70. The summed E-state index contributed by atoms with van der Waals surface area (Å²) in [5, 5.41) is 3.51. The molecular formula is C9H13N3S2. The van der Waals surface area contributed by atoms with Crippen molar-refractivity contribution in [3.63, 3.8) is 0 Å². The van der Waals surface area contributed by atoms with E-state index in [4.69, 9.17) is 0 Å². The van der Waals surface area contributed by atoms with Gasteiger partial charge in [0.25, 0.3) is 0 Å². The topological polar surface area (TPSA) is 37.8 Å². The minimum absolute atomic E-state index is 0.474. The van der Waals surface area contributed by atoms with Gasteiger partial charge >= 0.3 is 0 Å². The lowest BCUT2D eigenvalue weighted by Crippen LogP contribution is -2.10. The lowest BCUT2D eigenvalue weighted by atomic mass is 10.4. The molecule has 1 unspecified atom stereocenters. The Bertz CT molecular complexity index is 300. The normalized spacial score (nSPS) is 21.9. The summed E-state index contributed by atoms with van der Waals surface area (Å²) in [6, 6.07) is 1.89. The smallest absolute Gasteiger partial charge is 0.144 e. The van der Waals surface area contributed by atoms with Gasteiger partial charge in [-0.3, -0.25) is 0 Å². The molecule has 1 atom stereocenters. The molecule has 0 aliphatic carbocycles. The van der Waals surface area contributed by atoms with Gasteiger partial charge in [-0.25, -0.2) is 9.97 Å². The van der Waals surface area contributed by atoms with Gasteiger partial charge in [0.15, 0.2) is 0 Å². The summed E-state index contributed by atoms with van der Waals surface area (Å²) in [6.45, 7) is 0. The Morgan fingerprint density at radius 1 is 1.50 bits per heavy atom. The van der Waals surface area contributed by atoms with Crippen molar-refractivity contribution in [3.8, 4) is 0 Å². The summed E-state index contributed by atoms with van der Waals surface area (Å²) in [5.41, 5.74) is 0. The van der Waals surface area contributed by atoms with Crippen LogP contribution in [0, 0.1) is 0 Å². The van der Waals surface area contributed by atoms with Crippen LogP contribution in [0.15, 0.2) is 12.3 Å². The predicted octanol–water partition coefficient (Wildman–Crippen LogP) is 2.04. The van der Waals surface area contributed by atoms with E-state index in [-0.39, 0.29) is 0 Å². The molecule has 0 bridgehead atoms. The van der Waals surface area contributed by atoms with Crippen LogP contribution in [0.5, 0.6) is 0 Å². The molecule has 0 radical (unpaired) electrons. The van der Waals surface area contributed by atoms with E-state index in [1.807, 2.05) is 42.8 Å². The van der Waals surface area contributed by atoms with Crippen molar-refractivity contribution in [1.29, 1.82) is 0 Å². The first-order valence-electron chi connectivity index (χ1n) is 4.60. The molecule has 2 rings (SSSR count). The third kappa shape index (κ3) is 2.33. The van der Waals surface area contributed by atoms with Gasteiger partial charge in [0.2, 0.25) is 0 Å². The van der Waals surface area contributed by atoms with E-state index in [1.54, 1.807) is 0 Å². The molecule has 3 nitrogen and oxygen atoms in total. The van der Waals surface area contributed by atoms with E-state index in [2.05, 4.69) is 15.3 Å². The highest BCUT2D eigenvalue weighted by molar-refractivity contribution is 8.06. The van der Waals surface area contributed by atoms with Gasteiger partial charge in [-0.1, -0.05) is 0 Å². The second kappa shape index (κ2) is 4.89. The van der Waals surface area contributed by atoms with Crippen molar-refractivity contribution in [3.05, 3.63) is 18.1 Å². The lowest BCUT2D eigenvalue weighted by Gasteiger charge is -2.19. The Hall–Kier alpha value is -0.420. The molecule has 1 aromatic rings. The maximum Gasteiger partial charge on any atom is 0.144 e. The van der Waals surface area contributed by atoms with E-state index in [9.17, 15) is 0 Å². The quantitative estimate of drug-likeness (QED) is 0.837. The number of rotatable bonds is 2. The minimum Gasteiger partial charge on any atom is -0.373 e. The fourth-order valence-corrected chi connectivity index (χ4v) is 3.91. The van der Waals surface area contributed by atoms with E-state index in [0.29, 0.717) is 5.25 Å². The van der Waals surface area contributed by atoms with Gasteiger partial charge in [0.05, 0.1) is 5.25 Å². The second-order valence-corrected chi connectivity index (χ2v) is 5.44. The molecule has 76 valence electrons. The first-order valence-corrected chi connectivity index (χ1v) is 6.80. The summed E-state index contributed by atoms with van der Waals surface area (Å²) in [7, 11) is 1.88. The van der Waals surface area contributed by atoms with Crippen molar-refractivity contribution in [2.45, 2.75) is 5.25 Å². The van der Waals surface area contributed by atoms with Gasteiger partial charge in [0, 0.05) is 30.5 Å². The highest BCUT2D eigenvalue weighted by Gasteiger charge is 2.18. The fourth-order valence-electron chi connectivity index (χ4n) is 1.30. The molecule has 1 saturated heterocycles. The number of hydrogen-bond acceptors (Lipinski definition) is 5. The molecule has 1 aromatic heterocycles. The number of nitrogens with zero attached hydrogens (tertiary/aromatic N) is 2. The van der Waals surface area contributed by atoms with Crippen molar-refractivity contribution in [1.82, 2.24) is 9.97 Å².